The number of hydrogen-bond acceptors (Lipinski definition) is 6. The van der Waals surface area contributed by atoms with E-state index < -0.39 is 0 Å². The second-order valence-corrected chi connectivity index (χ2v) is 4.40. The number of rotatable bonds is 4. The molecule has 0 unspecified atom stereocenters. The Hall–Kier alpha value is -1.76. The first-order valence-corrected chi connectivity index (χ1v) is 5.94. The molecule has 1 heterocycles. The molecular formula is C10H13N5OS. The smallest absolute Gasteiger partial charge is 0.213 e. The van der Waals surface area contributed by atoms with E-state index in [1.165, 1.54) is 11.8 Å². The number of nitrogen functional groups attached to an aromatic ring is 1. The van der Waals surface area contributed by atoms with E-state index in [-0.39, 0.29) is 0 Å². The molecule has 0 spiro atoms. The lowest BCUT2D eigenvalue weighted by Gasteiger charge is -2.07. The quantitative estimate of drug-likeness (QED) is 0.826. The number of nitrogens with two attached hydrogens (primary N) is 1. The summed E-state index contributed by atoms with van der Waals surface area (Å²) in [6, 6.07) is 5.57. The highest BCUT2D eigenvalue weighted by Gasteiger charge is 2.07. The van der Waals surface area contributed by atoms with Gasteiger partial charge in [-0.1, -0.05) is 0 Å². The first-order valence-electron chi connectivity index (χ1n) is 5.12. The van der Waals surface area contributed by atoms with Crippen LogP contribution in [-0.2, 0) is 7.05 Å². The third kappa shape index (κ3) is 2.88. The molecule has 0 atom stereocenters. The predicted molar refractivity (Wildman–Crippen MR) is 64.9 cm³/mol. The molecule has 0 aliphatic rings. The van der Waals surface area contributed by atoms with Crippen molar-refractivity contribution in [3.05, 3.63) is 18.2 Å². The van der Waals surface area contributed by atoms with Crippen molar-refractivity contribution in [1.82, 2.24) is 20.2 Å². The lowest BCUT2D eigenvalue weighted by molar-refractivity contribution is 0.339. The van der Waals surface area contributed by atoms with E-state index >= 15 is 0 Å². The van der Waals surface area contributed by atoms with Gasteiger partial charge in [-0.15, -0.1) is 5.10 Å². The van der Waals surface area contributed by atoms with Gasteiger partial charge in [-0.05, 0) is 41.2 Å². The average molecular weight is 251 g/mol. The van der Waals surface area contributed by atoms with Crippen LogP contribution in [0.4, 0.5) is 5.69 Å². The fraction of sp³-hybridized carbons (Fsp3) is 0.300. The average Bonchev–Trinajstić information content (AvgIpc) is 2.64. The zero-order valence-corrected chi connectivity index (χ0v) is 10.4. The van der Waals surface area contributed by atoms with Crippen LogP contribution in [0.15, 0.2) is 28.3 Å². The van der Waals surface area contributed by atoms with Crippen LogP contribution in [0.1, 0.15) is 6.92 Å². The van der Waals surface area contributed by atoms with Gasteiger partial charge in [0, 0.05) is 23.7 Å². The molecule has 0 amide bonds. The Labute approximate surface area is 103 Å². The molecule has 2 N–H and O–H groups in total. The van der Waals surface area contributed by atoms with Gasteiger partial charge >= 0.3 is 0 Å². The van der Waals surface area contributed by atoms with Crippen molar-refractivity contribution >= 4 is 17.4 Å². The Kier molecular flexibility index (Phi) is 3.48. The first-order chi connectivity index (χ1) is 8.19. The van der Waals surface area contributed by atoms with Gasteiger partial charge in [0.05, 0.1) is 6.61 Å². The molecule has 6 nitrogen and oxygen atoms in total. The van der Waals surface area contributed by atoms with E-state index in [1.54, 1.807) is 17.8 Å². The van der Waals surface area contributed by atoms with Gasteiger partial charge < -0.3 is 10.5 Å². The van der Waals surface area contributed by atoms with Crippen LogP contribution in [-0.4, -0.2) is 26.8 Å². The lowest BCUT2D eigenvalue weighted by Crippen LogP contribution is -1.95. The Morgan fingerprint density at radius 3 is 2.88 bits per heavy atom. The molecule has 1 aromatic carbocycles. The van der Waals surface area contributed by atoms with Crippen LogP contribution in [0.2, 0.25) is 0 Å². The Balaban J connectivity index is 2.23. The molecule has 0 saturated carbocycles. The standard InChI is InChI=1S/C10H13N5OS/c1-3-16-8-4-7(11)5-9(6-8)17-10-12-13-14-15(10)2/h4-6H,3,11H2,1-2H3. The van der Waals surface area contributed by atoms with E-state index in [0.717, 1.165) is 10.6 Å². The normalized spacial score (nSPS) is 10.5. The number of ether oxygens (including phenoxy) is 1. The largest absolute Gasteiger partial charge is 0.494 e. The highest BCUT2D eigenvalue weighted by molar-refractivity contribution is 7.99. The molecule has 0 bridgehead atoms. The zero-order valence-electron chi connectivity index (χ0n) is 9.62. The van der Waals surface area contributed by atoms with Crippen molar-refractivity contribution in [1.29, 1.82) is 0 Å². The number of benzene rings is 1. The molecule has 90 valence electrons. The van der Waals surface area contributed by atoms with E-state index in [9.17, 15) is 0 Å². The van der Waals surface area contributed by atoms with Crippen LogP contribution in [0.25, 0.3) is 0 Å². The van der Waals surface area contributed by atoms with Crippen molar-refractivity contribution in [2.24, 2.45) is 7.05 Å². The molecule has 0 saturated heterocycles. The van der Waals surface area contributed by atoms with Crippen LogP contribution in [0, 0.1) is 0 Å². The number of anilines is 1. The highest BCUT2D eigenvalue weighted by Crippen LogP contribution is 2.30. The maximum atomic E-state index is 5.80. The van der Waals surface area contributed by atoms with Gasteiger partial charge in [0.15, 0.2) is 0 Å². The van der Waals surface area contributed by atoms with E-state index in [0.29, 0.717) is 17.5 Å². The van der Waals surface area contributed by atoms with Crippen molar-refractivity contribution in [3.63, 3.8) is 0 Å². The van der Waals surface area contributed by atoms with E-state index in [1.807, 2.05) is 19.1 Å². The van der Waals surface area contributed by atoms with Crippen molar-refractivity contribution < 1.29 is 4.74 Å². The molecule has 2 aromatic rings. The SMILES string of the molecule is CCOc1cc(N)cc(Sc2nnnn2C)c1. The molecular weight excluding hydrogens is 238 g/mol. The fourth-order valence-electron chi connectivity index (χ4n) is 1.32. The van der Waals surface area contributed by atoms with Crippen LogP contribution >= 0.6 is 11.8 Å². The second kappa shape index (κ2) is 5.05. The topological polar surface area (TPSA) is 78.8 Å². The Morgan fingerprint density at radius 2 is 2.24 bits per heavy atom. The maximum absolute atomic E-state index is 5.80. The third-order valence-corrected chi connectivity index (χ3v) is 3.00. The summed E-state index contributed by atoms with van der Waals surface area (Å²) in [5.41, 5.74) is 6.47. The minimum Gasteiger partial charge on any atom is -0.494 e. The Bertz CT molecular complexity index is 513. The minimum absolute atomic E-state index is 0.610. The number of aromatic nitrogens is 4. The molecule has 17 heavy (non-hydrogen) atoms. The van der Waals surface area contributed by atoms with Crippen molar-refractivity contribution in [2.45, 2.75) is 17.0 Å². The van der Waals surface area contributed by atoms with Crippen LogP contribution in [0.3, 0.4) is 0 Å². The summed E-state index contributed by atoms with van der Waals surface area (Å²) < 4.78 is 7.03. The van der Waals surface area contributed by atoms with Crippen molar-refractivity contribution in [2.75, 3.05) is 12.3 Å². The van der Waals surface area contributed by atoms with Gasteiger partial charge in [-0.25, -0.2) is 4.68 Å². The van der Waals surface area contributed by atoms with Gasteiger partial charge in [0.1, 0.15) is 5.75 Å². The highest BCUT2D eigenvalue weighted by atomic mass is 32.2. The maximum Gasteiger partial charge on any atom is 0.213 e. The van der Waals surface area contributed by atoms with Gasteiger partial charge in [0.2, 0.25) is 5.16 Å². The summed E-state index contributed by atoms with van der Waals surface area (Å²) in [6.07, 6.45) is 0. The summed E-state index contributed by atoms with van der Waals surface area (Å²) in [5, 5.41) is 12.0. The van der Waals surface area contributed by atoms with Crippen LogP contribution in [0.5, 0.6) is 5.75 Å². The van der Waals surface area contributed by atoms with Crippen LogP contribution < -0.4 is 10.5 Å². The Morgan fingerprint density at radius 1 is 1.41 bits per heavy atom. The number of hydrogen-bond donors (Lipinski definition) is 1. The number of tetrazole rings is 1. The zero-order chi connectivity index (χ0) is 12.3. The monoisotopic (exact) mass is 251 g/mol. The lowest BCUT2D eigenvalue weighted by atomic mass is 10.3. The van der Waals surface area contributed by atoms with Gasteiger partial charge in [-0.2, -0.15) is 0 Å². The molecule has 1 aromatic heterocycles. The molecule has 0 fully saturated rings. The molecule has 7 heteroatoms. The second-order valence-electron chi connectivity index (χ2n) is 3.36. The summed E-state index contributed by atoms with van der Waals surface area (Å²) in [4.78, 5) is 0.950. The fourth-order valence-corrected chi connectivity index (χ4v) is 2.14. The number of nitrogens with zero attached hydrogens (tertiary/aromatic N) is 4. The molecule has 2 rings (SSSR count). The number of aryl methyl sites for hydroxylation is 1. The summed E-state index contributed by atoms with van der Waals surface area (Å²) in [5.74, 6) is 0.755. The van der Waals surface area contributed by atoms with Crippen molar-refractivity contribution in [3.8, 4) is 5.75 Å². The molecule has 0 radical (unpaired) electrons. The summed E-state index contributed by atoms with van der Waals surface area (Å²) in [7, 11) is 1.79. The minimum atomic E-state index is 0.610. The first kappa shape index (κ1) is 11.7. The predicted octanol–water partition coefficient (Wildman–Crippen LogP) is 1.34. The van der Waals surface area contributed by atoms with Gasteiger partial charge in [-0.3, -0.25) is 0 Å². The summed E-state index contributed by atoms with van der Waals surface area (Å²) in [6.45, 7) is 2.54. The van der Waals surface area contributed by atoms with E-state index in [4.69, 9.17) is 10.5 Å². The van der Waals surface area contributed by atoms with Gasteiger partial charge in [0.25, 0.3) is 0 Å². The molecule has 0 aliphatic heterocycles. The molecule has 0 aliphatic carbocycles. The van der Waals surface area contributed by atoms with E-state index in [2.05, 4.69) is 15.5 Å². The summed E-state index contributed by atoms with van der Waals surface area (Å²) >= 11 is 1.44. The third-order valence-electron chi connectivity index (χ3n) is 2.00.